The summed E-state index contributed by atoms with van der Waals surface area (Å²) in [4.78, 5) is 12.2. The first-order valence-electron chi connectivity index (χ1n) is 11.9. The first kappa shape index (κ1) is 28.0. The number of phenols is 2. The van der Waals surface area contributed by atoms with Gasteiger partial charge in [-0.3, -0.25) is 0 Å². The molecule has 31 heavy (non-hydrogen) atoms. The molecular weight excluding hydrogens is 413 g/mol. The summed E-state index contributed by atoms with van der Waals surface area (Å²) < 4.78 is 18.2. The molecule has 1 rings (SSSR count). The van der Waals surface area contributed by atoms with Gasteiger partial charge in [0.05, 0.1) is 20.6 Å². The minimum absolute atomic E-state index is 0.0303. The third kappa shape index (κ3) is 13.8. The molecule has 0 heterocycles. The van der Waals surface area contributed by atoms with Crippen molar-refractivity contribution in [2.24, 2.45) is 0 Å². The highest BCUT2D eigenvalue weighted by atomic mass is 31.2. The van der Waals surface area contributed by atoms with E-state index in [1.54, 1.807) is 6.07 Å². The molecule has 0 spiro atoms. The van der Waals surface area contributed by atoms with E-state index < -0.39 is 7.60 Å². The summed E-state index contributed by atoms with van der Waals surface area (Å²) in [7, 11) is 0.448. The van der Waals surface area contributed by atoms with Crippen molar-refractivity contribution in [1.82, 2.24) is 0 Å². The largest absolute Gasteiger partial charge is 0.778 e. The van der Waals surface area contributed by atoms with Gasteiger partial charge in [-0.1, -0.05) is 51.5 Å². The molecule has 0 radical (unpaired) electrons. The summed E-state index contributed by atoms with van der Waals surface area (Å²) in [6, 6.07) is 4.68. The summed E-state index contributed by atoms with van der Waals surface area (Å²) in [6.07, 6.45) is 12.2. The van der Waals surface area contributed by atoms with Gasteiger partial charge in [-0.05, 0) is 49.8 Å². The fraction of sp³-hybridized carbons (Fsp3) is 0.750. The Bertz CT molecular complexity index is 665. The molecule has 180 valence electrons. The lowest BCUT2D eigenvalue weighted by molar-refractivity contribution is -0.890. The van der Waals surface area contributed by atoms with E-state index in [0.717, 1.165) is 16.6 Å². The van der Waals surface area contributed by atoms with Crippen molar-refractivity contribution in [3.8, 4) is 11.5 Å². The highest BCUT2D eigenvalue weighted by molar-refractivity contribution is 7.51. The van der Waals surface area contributed by atoms with Crippen molar-refractivity contribution in [2.75, 3.05) is 40.0 Å². The summed E-state index contributed by atoms with van der Waals surface area (Å²) >= 11 is 0. The number of aryl methyl sites for hydroxylation is 1. The lowest BCUT2D eigenvalue weighted by Crippen LogP contribution is -2.43. The standard InChI is InChI=1S/C24H44NO5P/c1-4-5-6-7-8-9-10-12-17-25(2,3)18-19-30-31(28,29)20-13-11-14-22-15-16-23(26)24(27)21-22/h15-16,21H,4-14,17-20H2,1-3H3,(H2-,26,27,28,29). The Morgan fingerprint density at radius 3 is 2.19 bits per heavy atom. The normalized spacial score (nSPS) is 13.9. The molecule has 0 saturated heterocycles. The highest BCUT2D eigenvalue weighted by Gasteiger charge is 2.16. The number of benzene rings is 1. The van der Waals surface area contributed by atoms with Crippen LogP contribution in [0.1, 0.15) is 76.7 Å². The Kier molecular flexibility index (Phi) is 13.4. The zero-order valence-corrected chi connectivity index (χ0v) is 20.7. The summed E-state index contributed by atoms with van der Waals surface area (Å²) in [6.45, 7) is 4.20. The van der Waals surface area contributed by atoms with E-state index in [1.165, 1.54) is 63.5 Å². The number of hydrogen-bond donors (Lipinski definition) is 2. The van der Waals surface area contributed by atoms with Gasteiger partial charge in [-0.15, -0.1) is 0 Å². The zero-order chi connectivity index (χ0) is 23.2. The van der Waals surface area contributed by atoms with Gasteiger partial charge < -0.3 is 28.7 Å². The fourth-order valence-corrected chi connectivity index (χ4v) is 4.74. The molecule has 6 nitrogen and oxygen atoms in total. The average molecular weight is 458 g/mol. The maximum Gasteiger partial charge on any atom is 0.157 e. The van der Waals surface area contributed by atoms with E-state index in [0.29, 0.717) is 25.8 Å². The second-order valence-electron chi connectivity index (χ2n) is 9.31. The van der Waals surface area contributed by atoms with Crippen molar-refractivity contribution in [1.29, 1.82) is 0 Å². The third-order valence-electron chi connectivity index (χ3n) is 5.79. The fourth-order valence-electron chi connectivity index (χ4n) is 3.64. The van der Waals surface area contributed by atoms with E-state index in [-0.39, 0.29) is 24.3 Å². The molecule has 0 aromatic heterocycles. The van der Waals surface area contributed by atoms with Gasteiger partial charge in [0, 0.05) is 6.16 Å². The van der Waals surface area contributed by atoms with Gasteiger partial charge in [0.1, 0.15) is 20.7 Å². The van der Waals surface area contributed by atoms with Crippen LogP contribution in [-0.4, -0.2) is 54.6 Å². The quantitative estimate of drug-likeness (QED) is 0.137. The van der Waals surface area contributed by atoms with Crippen molar-refractivity contribution in [3.63, 3.8) is 0 Å². The molecule has 1 aromatic rings. The van der Waals surface area contributed by atoms with Crippen LogP contribution in [0, 0.1) is 0 Å². The molecule has 1 aromatic carbocycles. The molecule has 0 bridgehead atoms. The molecule has 0 saturated carbocycles. The van der Waals surface area contributed by atoms with Crippen LogP contribution in [-0.2, 0) is 15.5 Å². The second kappa shape index (κ2) is 14.9. The Balaban J connectivity index is 2.13. The Morgan fingerprint density at radius 2 is 1.55 bits per heavy atom. The van der Waals surface area contributed by atoms with E-state index in [1.807, 2.05) is 0 Å². The number of nitrogens with zero attached hydrogens (tertiary/aromatic N) is 1. The van der Waals surface area contributed by atoms with E-state index in [9.17, 15) is 19.7 Å². The van der Waals surface area contributed by atoms with Crippen molar-refractivity contribution in [2.45, 2.75) is 77.6 Å². The number of likely N-dealkylation sites (N-methyl/N-ethyl adjacent to an activating group) is 1. The van der Waals surface area contributed by atoms with Crippen molar-refractivity contribution in [3.05, 3.63) is 23.8 Å². The second-order valence-corrected chi connectivity index (χ2v) is 11.2. The molecule has 0 aliphatic rings. The molecule has 0 amide bonds. The Hall–Kier alpha value is -1.07. The first-order valence-corrected chi connectivity index (χ1v) is 13.7. The summed E-state index contributed by atoms with van der Waals surface area (Å²) in [5.74, 6) is -0.298. The Labute approximate surface area is 189 Å². The number of quaternary nitrogens is 1. The lowest BCUT2D eigenvalue weighted by atomic mass is 10.1. The van der Waals surface area contributed by atoms with Crippen LogP contribution in [0.15, 0.2) is 18.2 Å². The average Bonchev–Trinajstić information content (AvgIpc) is 2.69. The monoisotopic (exact) mass is 457 g/mol. The van der Waals surface area contributed by atoms with Gasteiger partial charge in [0.15, 0.2) is 11.5 Å². The highest BCUT2D eigenvalue weighted by Crippen LogP contribution is 2.38. The Morgan fingerprint density at radius 1 is 0.903 bits per heavy atom. The first-order chi connectivity index (χ1) is 14.7. The molecular formula is C24H44NO5P. The van der Waals surface area contributed by atoms with Crippen LogP contribution in [0.4, 0.5) is 0 Å². The molecule has 0 aliphatic carbocycles. The van der Waals surface area contributed by atoms with Gasteiger partial charge in [0.25, 0.3) is 0 Å². The minimum atomic E-state index is -3.82. The van der Waals surface area contributed by atoms with E-state index in [2.05, 4.69) is 21.0 Å². The van der Waals surface area contributed by atoms with E-state index in [4.69, 9.17) is 4.52 Å². The zero-order valence-electron chi connectivity index (χ0n) is 19.9. The SMILES string of the molecule is CCCCCCCCCC[N+](C)(C)CCOP(=O)([O-])CCCCc1ccc(O)c(O)c1. The van der Waals surface area contributed by atoms with Gasteiger partial charge >= 0.3 is 0 Å². The maximum atomic E-state index is 12.2. The minimum Gasteiger partial charge on any atom is -0.778 e. The predicted molar refractivity (Wildman–Crippen MR) is 126 cm³/mol. The van der Waals surface area contributed by atoms with Crippen LogP contribution >= 0.6 is 7.60 Å². The maximum absolute atomic E-state index is 12.2. The van der Waals surface area contributed by atoms with E-state index >= 15 is 0 Å². The van der Waals surface area contributed by atoms with Crippen LogP contribution in [0.5, 0.6) is 11.5 Å². The number of unbranched alkanes of at least 4 members (excludes halogenated alkanes) is 8. The number of rotatable bonds is 18. The van der Waals surface area contributed by atoms with Gasteiger partial charge in [-0.2, -0.15) is 0 Å². The van der Waals surface area contributed by atoms with Gasteiger partial charge in [0.2, 0.25) is 0 Å². The summed E-state index contributed by atoms with van der Waals surface area (Å²) in [5.41, 5.74) is 0.872. The molecule has 0 aliphatic heterocycles. The molecule has 7 heteroatoms. The van der Waals surface area contributed by atoms with Crippen LogP contribution < -0.4 is 4.89 Å². The van der Waals surface area contributed by atoms with Gasteiger partial charge in [-0.25, -0.2) is 0 Å². The third-order valence-corrected chi connectivity index (χ3v) is 7.23. The molecule has 1 atom stereocenters. The number of aromatic hydroxyl groups is 2. The predicted octanol–water partition coefficient (Wildman–Crippen LogP) is 5.21. The molecule has 1 unspecified atom stereocenters. The van der Waals surface area contributed by atoms with Crippen molar-refractivity contribution >= 4 is 7.60 Å². The number of hydrogen-bond acceptors (Lipinski definition) is 5. The van der Waals surface area contributed by atoms with Crippen LogP contribution in [0.2, 0.25) is 0 Å². The summed E-state index contributed by atoms with van der Waals surface area (Å²) in [5, 5.41) is 18.8. The smallest absolute Gasteiger partial charge is 0.157 e. The van der Waals surface area contributed by atoms with Crippen LogP contribution in [0.25, 0.3) is 0 Å². The molecule has 2 N–H and O–H groups in total. The van der Waals surface area contributed by atoms with Crippen molar-refractivity contribution < 1.29 is 28.7 Å². The topological polar surface area (TPSA) is 89.8 Å². The molecule has 0 fully saturated rings. The van der Waals surface area contributed by atoms with Crippen LogP contribution in [0.3, 0.4) is 0 Å². The number of phenolic OH excluding ortho intramolecular Hbond substituents is 2. The lowest BCUT2D eigenvalue weighted by Gasteiger charge is -2.31.